The Kier molecular flexibility index (Phi) is 8.74. The highest BCUT2D eigenvalue weighted by molar-refractivity contribution is 7.11. The average molecular weight is 393 g/mol. The summed E-state index contributed by atoms with van der Waals surface area (Å²) >= 11 is 1.85. The summed E-state index contributed by atoms with van der Waals surface area (Å²) in [6.07, 6.45) is 1.91. The van der Waals surface area contributed by atoms with E-state index in [1.54, 1.807) is 0 Å². The minimum atomic E-state index is 0.280. The Labute approximate surface area is 166 Å². The summed E-state index contributed by atoms with van der Waals surface area (Å²) in [4.78, 5) is 7.43. The molecule has 1 atom stereocenters. The van der Waals surface area contributed by atoms with Crippen molar-refractivity contribution >= 4 is 17.3 Å². The van der Waals surface area contributed by atoms with Crippen molar-refractivity contribution < 1.29 is 4.74 Å². The predicted molar refractivity (Wildman–Crippen MR) is 111 cm³/mol. The molecule has 0 saturated heterocycles. The molecule has 7 nitrogen and oxygen atoms in total. The van der Waals surface area contributed by atoms with Gasteiger partial charge < -0.3 is 19.9 Å². The molecule has 0 fully saturated rings. The Morgan fingerprint density at radius 3 is 2.78 bits per heavy atom. The maximum absolute atomic E-state index is 5.40. The van der Waals surface area contributed by atoms with Crippen LogP contribution in [0.3, 0.4) is 0 Å². The molecule has 0 bridgehead atoms. The summed E-state index contributed by atoms with van der Waals surface area (Å²) in [6, 6.07) is 4.65. The van der Waals surface area contributed by atoms with Crippen molar-refractivity contribution in [3.63, 3.8) is 0 Å². The molecule has 2 N–H and O–H groups in total. The van der Waals surface area contributed by atoms with Crippen LogP contribution in [0.5, 0.6) is 0 Å². The summed E-state index contributed by atoms with van der Waals surface area (Å²) < 4.78 is 7.37. The first-order chi connectivity index (χ1) is 13.0. The summed E-state index contributed by atoms with van der Waals surface area (Å²) in [7, 11) is 1.96. The number of hydrogen-bond acceptors (Lipinski definition) is 5. The van der Waals surface area contributed by atoms with E-state index in [4.69, 9.17) is 9.73 Å². The molecule has 150 valence electrons. The molecule has 27 heavy (non-hydrogen) atoms. The van der Waals surface area contributed by atoms with Crippen LogP contribution < -0.4 is 10.6 Å². The maximum atomic E-state index is 5.40. The SMILES string of the molecule is CCOCCCNC(=NCc1nnc(C)n1C)NC(C)Cc1ccc(C)s1. The van der Waals surface area contributed by atoms with Crippen molar-refractivity contribution in [2.75, 3.05) is 19.8 Å². The zero-order valence-corrected chi connectivity index (χ0v) is 17.9. The van der Waals surface area contributed by atoms with Crippen LogP contribution in [0.25, 0.3) is 0 Å². The second-order valence-electron chi connectivity index (χ2n) is 6.63. The van der Waals surface area contributed by atoms with Crippen molar-refractivity contribution in [2.45, 2.75) is 53.1 Å². The van der Waals surface area contributed by atoms with Crippen LogP contribution in [0.4, 0.5) is 0 Å². The minimum Gasteiger partial charge on any atom is -0.382 e. The highest BCUT2D eigenvalue weighted by atomic mass is 32.1. The quantitative estimate of drug-likeness (QED) is 0.369. The third kappa shape index (κ3) is 7.30. The molecular weight excluding hydrogens is 360 g/mol. The molecule has 1 unspecified atom stereocenters. The van der Waals surface area contributed by atoms with Crippen LogP contribution in [0.1, 0.15) is 41.7 Å². The van der Waals surface area contributed by atoms with E-state index in [-0.39, 0.29) is 6.04 Å². The van der Waals surface area contributed by atoms with Crippen LogP contribution in [0, 0.1) is 13.8 Å². The smallest absolute Gasteiger partial charge is 0.191 e. The molecule has 0 radical (unpaired) electrons. The van der Waals surface area contributed by atoms with Gasteiger partial charge in [-0.2, -0.15) is 0 Å². The van der Waals surface area contributed by atoms with Crippen LogP contribution >= 0.6 is 11.3 Å². The third-order valence-corrected chi connectivity index (χ3v) is 5.23. The van der Waals surface area contributed by atoms with E-state index in [1.807, 2.05) is 36.8 Å². The molecular formula is C19H32N6OS. The van der Waals surface area contributed by atoms with E-state index < -0.39 is 0 Å². The Hall–Kier alpha value is -1.93. The molecule has 0 amide bonds. The number of ether oxygens (including phenoxy) is 1. The highest BCUT2D eigenvalue weighted by Crippen LogP contribution is 2.16. The Morgan fingerprint density at radius 1 is 1.33 bits per heavy atom. The van der Waals surface area contributed by atoms with Crippen LogP contribution in [-0.4, -0.2) is 46.5 Å². The zero-order valence-electron chi connectivity index (χ0n) is 17.1. The Morgan fingerprint density at radius 2 is 2.15 bits per heavy atom. The predicted octanol–water partition coefficient (Wildman–Crippen LogP) is 2.59. The van der Waals surface area contributed by atoms with Crippen molar-refractivity contribution in [1.82, 2.24) is 25.4 Å². The van der Waals surface area contributed by atoms with Crippen LogP contribution in [-0.2, 0) is 24.8 Å². The van der Waals surface area contributed by atoms with Crippen molar-refractivity contribution in [3.8, 4) is 0 Å². The van der Waals surface area contributed by atoms with Crippen molar-refractivity contribution in [1.29, 1.82) is 0 Å². The first-order valence-electron chi connectivity index (χ1n) is 9.52. The maximum Gasteiger partial charge on any atom is 0.191 e. The molecule has 0 aromatic carbocycles. The van der Waals surface area contributed by atoms with E-state index in [0.717, 1.165) is 50.2 Å². The molecule has 0 aliphatic heterocycles. The molecule has 2 heterocycles. The first kappa shape index (κ1) is 21.4. The van der Waals surface area contributed by atoms with Crippen LogP contribution in [0.15, 0.2) is 17.1 Å². The topological polar surface area (TPSA) is 76.4 Å². The normalized spacial score (nSPS) is 13.0. The van der Waals surface area contributed by atoms with E-state index in [0.29, 0.717) is 6.54 Å². The van der Waals surface area contributed by atoms with Gasteiger partial charge in [-0.25, -0.2) is 4.99 Å². The molecule has 2 aromatic rings. The number of rotatable bonds is 10. The van der Waals surface area contributed by atoms with E-state index >= 15 is 0 Å². The number of aromatic nitrogens is 3. The summed E-state index contributed by atoms with van der Waals surface area (Å²) in [5, 5.41) is 15.2. The monoisotopic (exact) mass is 392 g/mol. The lowest BCUT2D eigenvalue weighted by Gasteiger charge is -2.18. The van der Waals surface area contributed by atoms with Gasteiger partial charge in [0.15, 0.2) is 11.8 Å². The highest BCUT2D eigenvalue weighted by Gasteiger charge is 2.09. The second kappa shape index (κ2) is 11.0. The average Bonchev–Trinajstić information content (AvgIpc) is 3.18. The summed E-state index contributed by atoms with van der Waals surface area (Å²) in [5.41, 5.74) is 0. The molecule has 8 heteroatoms. The fourth-order valence-electron chi connectivity index (χ4n) is 2.60. The fourth-order valence-corrected chi connectivity index (χ4v) is 3.62. The molecule has 0 aliphatic carbocycles. The van der Waals surface area contributed by atoms with E-state index in [1.165, 1.54) is 9.75 Å². The first-order valence-corrected chi connectivity index (χ1v) is 10.3. The molecule has 2 aromatic heterocycles. The molecule has 0 saturated carbocycles. The standard InChI is InChI=1S/C19H32N6OS/c1-6-26-11-7-10-20-19(21-13-18-24-23-16(4)25(18)5)22-14(2)12-17-9-8-15(3)27-17/h8-9,14H,6-7,10-13H2,1-5H3,(H2,20,21,22). The van der Waals surface area contributed by atoms with Gasteiger partial charge in [-0.05, 0) is 46.2 Å². The number of nitrogens with one attached hydrogen (secondary N) is 2. The number of guanidine groups is 1. The molecule has 0 spiro atoms. The van der Waals surface area contributed by atoms with Gasteiger partial charge in [0.25, 0.3) is 0 Å². The van der Waals surface area contributed by atoms with E-state index in [2.05, 4.69) is 46.8 Å². The van der Waals surface area contributed by atoms with Crippen LogP contribution in [0.2, 0.25) is 0 Å². The van der Waals surface area contributed by atoms with Gasteiger partial charge in [-0.1, -0.05) is 0 Å². The van der Waals surface area contributed by atoms with Gasteiger partial charge >= 0.3 is 0 Å². The molecule has 0 aliphatic rings. The van der Waals surface area contributed by atoms with E-state index in [9.17, 15) is 0 Å². The van der Waals surface area contributed by atoms with Gasteiger partial charge in [0.1, 0.15) is 12.4 Å². The lowest BCUT2D eigenvalue weighted by atomic mass is 10.2. The Balaban J connectivity index is 1.94. The zero-order chi connectivity index (χ0) is 19.6. The van der Waals surface area contributed by atoms with Gasteiger partial charge in [0.05, 0.1) is 0 Å². The minimum absolute atomic E-state index is 0.280. The third-order valence-electron chi connectivity index (χ3n) is 4.21. The summed E-state index contributed by atoms with van der Waals surface area (Å²) in [5.74, 6) is 2.54. The van der Waals surface area contributed by atoms with Crippen molar-refractivity contribution in [3.05, 3.63) is 33.5 Å². The lowest BCUT2D eigenvalue weighted by molar-refractivity contribution is 0.145. The number of aryl methyl sites for hydroxylation is 2. The number of nitrogens with zero attached hydrogens (tertiary/aromatic N) is 4. The lowest BCUT2D eigenvalue weighted by Crippen LogP contribution is -2.43. The van der Waals surface area contributed by atoms with Gasteiger partial charge in [-0.3, -0.25) is 0 Å². The second-order valence-corrected chi connectivity index (χ2v) is 8.00. The summed E-state index contributed by atoms with van der Waals surface area (Å²) in [6.45, 7) is 11.1. The number of aliphatic imine (C=N–C) groups is 1. The van der Waals surface area contributed by atoms with Crippen molar-refractivity contribution in [2.24, 2.45) is 12.0 Å². The van der Waals surface area contributed by atoms with Gasteiger partial charge in [0, 0.05) is 49.0 Å². The number of hydrogen-bond donors (Lipinski definition) is 2. The molecule has 2 rings (SSSR count). The largest absolute Gasteiger partial charge is 0.382 e. The number of thiophene rings is 1. The Bertz CT molecular complexity index is 724. The van der Waals surface area contributed by atoms with Gasteiger partial charge in [-0.15, -0.1) is 21.5 Å². The van der Waals surface area contributed by atoms with Gasteiger partial charge in [0.2, 0.25) is 0 Å². The fraction of sp³-hybridized carbons (Fsp3) is 0.632.